The van der Waals surface area contributed by atoms with E-state index in [9.17, 15) is 9.59 Å². The second kappa shape index (κ2) is 8.97. The molecule has 0 aliphatic carbocycles. The molecule has 0 saturated carbocycles. The summed E-state index contributed by atoms with van der Waals surface area (Å²) in [5.74, 6) is -0.607. The maximum absolute atomic E-state index is 12.7. The van der Waals surface area contributed by atoms with Crippen molar-refractivity contribution in [3.63, 3.8) is 0 Å². The number of ether oxygens (including phenoxy) is 1. The van der Waals surface area contributed by atoms with Crippen LogP contribution in [0, 0.1) is 13.8 Å². The molecule has 142 valence electrons. The van der Waals surface area contributed by atoms with Crippen LogP contribution in [-0.4, -0.2) is 31.1 Å². The first-order valence-corrected chi connectivity index (χ1v) is 9.94. The minimum Gasteiger partial charge on any atom is -0.376 e. The molecule has 2 heterocycles. The van der Waals surface area contributed by atoms with Gasteiger partial charge in [-0.15, -0.1) is 11.3 Å². The minimum atomic E-state index is -0.309. The van der Waals surface area contributed by atoms with Crippen molar-refractivity contribution in [3.8, 4) is 0 Å². The van der Waals surface area contributed by atoms with E-state index in [0.717, 1.165) is 35.5 Å². The van der Waals surface area contributed by atoms with Gasteiger partial charge in [-0.3, -0.25) is 9.59 Å². The van der Waals surface area contributed by atoms with Gasteiger partial charge in [-0.2, -0.15) is 0 Å². The molecule has 2 aromatic rings. The van der Waals surface area contributed by atoms with Crippen molar-refractivity contribution in [2.24, 2.45) is 0 Å². The molecule has 1 aromatic heterocycles. The molecule has 2 amide bonds. The van der Waals surface area contributed by atoms with Gasteiger partial charge in [0.25, 0.3) is 11.8 Å². The highest BCUT2D eigenvalue weighted by Gasteiger charge is 2.19. The summed E-state index contributed by atoms with van der Waals surface area (Å²) in [5.41, 5.74) is 2.92. The van der Waals surface area contributed by atoms with Crippen molar-refractivity contribution in [1.29, 1.82) is 0 Å². The number of carbonyl (C=O) groups is 2. The highest BCUT2D eigenvalue weighted by molar-refractivity contribution is 7.10. The third kappa shape index (κ3) is 5.28. The van der Waals surface area contributed by atoms with E-state index >= 15 is 0 Å². The second-order valence-corrected chi connectivity index (χ2v) is 7.65. The van der Waals surface area contributed by atoms with E-state index in [4.69, 9.17) is 4.74 Å². The summed E-state index contributed by atoms with van der Waals surface area (Å²) in [7, 11) is 0. The number of hydrogen-bond acceptors (Lipinski definition) is 4. The van der Waals surface area contributed by atoms with Crippen LogP contribution in [-0.2, 0) is 9.53 Å². The molecule has 1 aromatic carbocycles. The summed E-state index contributed by atoms with van der Waals surface area (Å²) in [5, 5.41) is 7.57. The number of benzene rings is 1. The minimum absolute atomic E-state index is 0.0485. The Morgan fingerprint density at radius 2 is 2.11 bits per heavy atom. The van der Waals surface area contributed by atoms with Crippen molar-refractivity contribution in [1.82, 2.24) is 10.6 Å². The van der Waals surface area contributed by atoms with E-state index in [1.807, 2.05) is 43.5 Å². The summed E-state index contributed by atoms with van der Waals surface area (Å²) in [4.78, 5) is 26.2. The van der Waals surface area contributed by atoms with Crippen LogP contribution in [0.1, 0.15) is 39.2 Å². The van der Waals surface area contributed by atoms with Crippen LogP contribution in [0.15, 0.2) is 41.4 Å². The molecule has 0 unspecified atom stereocenters. The Labute approximate surface area is 163 Å². The Morgan fingerprint density at radius 1 is 1.26 bits per heavy atom. The van der Waals surface area contributed by atoms with E-state index in [-0.39, 0.29) is 23.6 Å². The third-order valence-electron chi connectivity index (χ3n) is 4.61. The van der Waals surface area contributed by atoms with Crippen LogP contribution in [0.2, 0.25) is 0 Å². The molecular formula is C21H24N2O3S. The van der Waals surface area contributed by atoms with Gasteiger partial charge in [-0.05, 0) is 67.5 Å². The lowest BCUT2D eigenvalue weighted by Crippen LogP contribution is -2.38. The van der Waals surface area contributed by atoms with E-state index in [1.54, 1.807) is 12.1 Å². The number of thiophene rings is 1. The van der Waals surface area contributed by atoms with Gasteiger partial charge in [0.15, 0.2) is 0 Å². The molecule has 0 radical (unpaired) electrons. The van der Waals surface area contributed by atoms with Crippen molar-refractivity contribution >= 4 is 29.2 Å². The van der Waals surface area contributed by atoms with Crippen LogP contribution in [0.4, 0.5) is 0 Å². The molecule has 1 aliphatic heterocycles. The van der Waals surface area contributed by atoms with Crippen molar-refractivity contribution in [2.45, 2.75) is 32.8 Å². The van der Waals surface area contributed by atoms with Gasteiger partial charge in [-0.25, -0.2) is 0 Å². The van der Waals surface area contributed by atoms with Crippen molar-refractivity contribution in [2.75, 3.05) is 13.2 Å². The van der Waals surface area contributed by atoms with Gasteiger partial charge in [0, 0.05) is 23.6 Å². The largest absolute Gasteiger partial charge is 0.376 e. The van der Waals surface area contributed by atoms with Crippen LogP contribution in [0.25, 0.3) is 6.08 Å². The number of amides is 2. The zero-order chi connectivity index (χ0) is 19.2. The smallest absolute Gasteiger partial charge is 0.267 e. The molecule has 1 aliphatic rings. The molecule has 1 fully saturated rings. The number of nitrogens with one attached hydrogen (secondary N) is 2. The van der Waals surface area contributed by atoms with Gasteiger partial charge in [-0.1, -0.05) is 12.1 Å². The van der Waals surface area contributed by atoms with Crippen LogP contribution >= 0.6 is 11.3 Å². The van der Waals surface area contributed by atoms with E-state index in [0.29, 0.717) is 12.1 Å². The fourth-order valence-corrected chi connectivity index (χ4v) is 3.52. The van der Waals surface area contributed by atoms with Crippen LogP contribution in [0.5, 0.6) is 0 Å². The summed E-state index contributed by atoms with van der Waals surface area (Å²) >= 11 is 1.51. The SMILES string of the molecule is Cc1ccc(C(=O)N/C(=C/c2cccs2)C(=O)NC[C@@H]2CCCO2)cc1C. The number of aryl methyl sites for hydroxylation is 2. The molecule has 6 heteroatoms. The first-order chi connectivity index (χ1) is 13.0. The summed E-state index contributed by atoms with van der Waals surface area (Å²) in [6, 6.07) is 9.32. The molecule has 1 saturated heterocycles. The van der Waals surface area contributed by atoms with E-state index < -0.39 is 0 Å². The molecule has 5 nitrogen and oxygen atoms in total. The summed E-state index contributed by atoms with van der Waals surface area (Å²) < 4.78 is 5.54. The van der Waals surface area contributed by atoms with Gasteiger partial charge < -0.3 is 15.4 Å². The van der Waals surface area contributed by atoms with Crippen molar-refractivity contribution in [3.05, 3.63) is 63.0 Å². The first-order valence-electron chi connectivity index (χ1n) is 9.06. The van der Waals surface area contributed by atoms with Crippen molar-refractivity contribution < 1.29 is 14.3 Å². The zero-order valence-electron chi connectivity index (χ0n) is 15.6. The Balaban J connectivity index is 1.73. The maximum Gasteiger partial charge on any atom is 0.267 e. The number of hydrogen-bond donors (Lipinski definition) is 2. The van der Waals surface area contributed by atoms with Gasteiger partial charge >= 0.3 is 0 Å². The van der Waals surface area contributed by atoms with E-state index in [2.05, 4.69) is 10.6 Å². The quantitative estimate of drug-likeness (QED) is 0.750. The lowest BCUT2D eigenvalue weighted by molar-refractivity contribution is -0.118. The maximum atomic E-state index is 12.7. The van der Waals surface area contributed by atoms with Gasteiger partial charge in [0.2, 0.25) is 0 Å². The lowest BCUT2D eigenvalue weighted by atomic mass is 10.1. The van der Waals surface area contributed by atoms with Crippen LogP contribution in [0.3, 0.4) is 0 Å². The highest BCUT2D eigenvalue weighted by Crippen LogP contribution is 2.15. The fraction of sp³-hybridized carbons (Fsp3) is 0.333. The molecule has 2 N–H and O–H groups in total. The predicted octanol–water partition coefficient (Wildman–Crippen LogP) is 3.43. The van der Waals surface area contributed by atoms with Gasteiger partial charge in [0.05, 0.1) is 6.10 Å². The molecule has 3 rings (SSSR count). The van der Waals surface area contributed by atoms with Crippen LogP contribution < -0.4 is 10.6 Å². The Kier molecular flexibility index (Phi) is 6.42. The molecule has 27 heavy (non-hydrogen) atoms. The predicted molar refractivity (Wildman–Crippen MR) is 108 cm³/mol. The topological polar surface area (TPSA) is 67.4 Å². The molecule has 1 atom stereocenters. The fourth-order valence-electron chi connectivity index (χ4n) is 2.86. The number of carbonyl (C=O) groups excluding carboxylic acids is 2. The monoisotopic (exact) mass is 384 g/mol. The second-order valence-electron chi connectivity index (χ2n) is 6.67. The summed E-state index contributed by atoms with van der Waals surface area (Å²) in [6.45, 7) is 5.14. The Hall–Kier alpha value is -2.44. The zero-order valence-corrected chi connectivity index (χ0v) is 16.4. The molecule has 0 spiro atoms. The average molecular weight is 385 g/mol. The van der Waals surface area contributed by atoms with E-state index in [1.165, 1.54) is 11.3 Å². The number of rotatable bonds is 6. The Morgan fingerprint density at radius 3 is 2.78 bits per heavy atom. The third-order valence-corrected chi connectivity index (χ3v) is 5.43. The normalized spacial score (nSPS) is 17.0. The van der Waals surface area contributed by atoms with Gasteiger partial charge in [0.1, 0.15) is 5.70 Å². The lowest BCUT2D eigenvalue weighted by Gasteiger charge is -2.14. The molecular weight excluding hydrogens is 360 g/mol. The Bertz CT molecular complexity index is 837. The first kappa shape index (κ1) is 19.3. The highest BCUT2D eigenvalue weighted by atomic mass is 32.1. The average Bonchev–Trinajstić information content (AvgIpc) is 3.35. The molecule has 0 bridgehead atoms. The standard InChI is InChI=1S/C21H24N2O3S/c1-14-7-8-16(11-15(14)2)20(24)23-19(12-18-6-4-10-27-18)21(25)22-13-17-5-3-9-26-17/h4,6-8,10-12,17H,3,5,9,13H2,1-2H3,(H,22,25)(H,23,24)/b19-12+/t17-/m0/s1. The summed E-state index contributed by atoms with van der Waals surface area (Å²) in [6.07, 6.45) is 3.71.